The molecule has 0 aromatic carbocycles. The molecule has 7 nitrogen and oxygen atoms in total. The molecule has 0 unspecified atom stereocenters. The van der Waals surface area contributed by atoms with E-state index < -0.39 is 0 Å². The van der Waals surface area contributed by atoms with Crippen LogP contribution in [0.2, 0.25) is 0 Å². The number of nitrogens with one attached hydrogen (secondary N) is 1. The third kappa shape index (κ3) is 2.00. The van der Waals surface area contributed by atoms with Gasteiger partial charge in [-0.1, -0.05) is 0 Å². The smallest absolute Gasteiger partial charge is 0.263 e. The highest BCUT2D eigenvalue weighted by atomic mass is 32.1. The quantitative estimate of drug-likeness (QED) is 0.813. The second-order valence-corrected chi connectivity index (χ2v) is 5.10. The van der Waals surface area contributed by atoms with Gasteiger partial charge >= 0.3 is 0 Å². The molecule has 1 fully saturated rings. The van der Waals surface area contributed by atoms with Crippen LogP contribution in [0.3, 0.4) is 0 Å². The summed E-state index contributed by atoms with van der Waals surface area (Å²) >= 11 is 1.34. The van der Waals surface area contributed by atoms with Crippen molar-refractivity contribution in [3.05, 3.63) is 22.7 Å². The third-order valence-electron chi connectivity index (χ3n) is 2.89. The Balaban J connectivity index is 1.76. The van der Waals surface area contributed by atoms with Crippen LogP contribution in [0.4, 0.5) is 0 Å². The van der Waals surface area contributed by atoms with Crippen molar-refractivity contribution >= 4 is 17.2 Å². The summed E-state index contributed by atoms with van der Waals surface area (Å²) in [4.78, 5) is 12.6. The Labute approximate surface area is 106 Å². The van der Waals surface area contributed by atoms with Crippen LogP contribution in [0.5, 0.6) is 0 Å². The van der Waals surface area contributed by atoms with Crippen molar-refractivity contribution in [1.82, 2.24) is 25.5 Å². The van der Waals surface area contributed by atoms with Crippen molar-refractivity contribution in [1.29, 1.82) is 0 Å². The van der Waals surface area contributed by atoms with Crippen molar-refractivity contribution in [3.8, 4) is 5.69 Å². The van der Waals surface area contributed by atoms with Crippen LogP contribution in [0.15, 0.2) is 17.8 Å². The monoisotopic (exact) mass is 265 g/mol. The Bertz CT molecular complexity index is 546. The summed E-state index contributed by atoms with van der Waals surface area (Å²) in [5, 5.41) is 24.8. The Morgan fingerprint density at radius 3 is 3.06 bits per heavy atom. The van der Waals surface area contributed by atoms with E-state index in [1.165, 1.54) is 22.3 Å². The number of hydrogen-bond acceptors (Lipinski definition) is 6. The lowest BCUT2D eigenvalue weighted by Crippen LogP contribution is -2.46. The lowest BCUT2D eigenvalue weighted by molar-refractivity contribution is 0.0564. The highest BCUT2D eigenvalue weighted by Gasteiger charge is 2.29. The van der Waals surface area contributed by atoms with Crippen LogP contribution in [-0.4, -0.2) is 43.4 Å². The van der Waals surface area contributed by atoms with Crippen molar-refractivity contribution in [2.24, 2.45) is 0 Å². The van der Waals surface area contributed by atoms with Gasteiger partial charge in [0, 0.05) is 6.04 Å². The molecule has 2 N–H and O–H groups in total. The number of tetrazole rings is 1. The summed E-state index contributed by atoms with van der Waals surface area (Å²) in [6.45, 7) is 0. The normalized spacial score (nSPS) is 22.5. The van der Waals surface area contributed by atoms with Gasteiger partial charge in [-0.15, -0.1) is 16.4 Å². The lowest BCUT2D eigenvalue weighted by Gasteiger charge is -2.31. The summed E-state index contributed by atoms with van der Waals surface area (Å²) in [6.07, 6.45) is 2.42. The van der Waals surface area contributed by atoms with Gasteiger partial charge in [0.25, 0.3) is 5.91 Å². The van der Waals surface area contributed by atoms with Gasteiger partial charge in [0.15, 0.2) is 0 Å². The second kappa shape index (κ2) is 4.46. The van der Waals surface area contributed by atoms with Crippen LogP contribution in [0, 0.1) is 0 Å². The summed E-state index contributed by atoms with van der Waals surface area (Å²) in [7, 11) is 0. The van der Waals surface area contributed by atoms with E-state index in [2.05, 4.69) is 20.8 Å². The fourth-order valence-corrected chi connectivity index (χ4v) is 2.66. The molecule has 1 aliphatic rings. The van der Waals surface area contributed by atoms with Crippen molar-refractivity contribution in [2.45, 2.75) is 25.0 Å². The zero-order valence-electron chi connectivity index (χ0n) is 9.35. The topological polar surface area (TPSA) is 92.9 Å². The maximum atomic E-state index is 12.1. The number of aliphatic hydroxyl groups excluding tert-OH is 1. The molecule has 0 bridgehead atoms. The number of aromatic nitrogens is 4. The molecule has 0 aliphatic heterocycles. The van der Waals surface area contributed by atoms with Gasteiger partial charge in [0.05, 0.1) is 11.8 Å². The maximum absolute atomic E-state index is 12.1. The maximum Gasteiger partial charge on any atom is 0.263 e. The molecule has 8 heteroatoms. The number of carbonyl (C=O) groups is 1. The van der Waals surface area contributed by atoms with Crippen LogP contribution >= 0.6 is 11.3 Å². The minimum Gasteiger partial charge on any atom is -0.393 e. The lowest BCUT2D eigenvalue weighted by atomic mass is 9.89. The Morgan fingerprint density at radius 1 is 1.56 bits per heavy atom. The first-order valence-corrected chi connectivity index (χ1v) is 6.42. The van der Waals surface area contributed by atoms with Gasteiger partial charge in [-0.25, -0.2) is 0 Å². The minimum absolute atomic E-state index is 0.0660. The van der Waals surface area contributed by atoms with E-state index in [1.54, 1.807) is 6.07 Å². The summed E-state index contributed by atoms with van der Waals surface area (Å²) in [5.41, 5.74) is 0.669. The SMILES string of the molecule is O=C(NC1CC(O)C1)c1sccc1-n1cnnn1. The minimum atomic E-state index is -0.280. The molecule has 94 valence electrons. The molecule has 0 radical (unpaired) electrons. The van der Waals surface area contributed by atoms with Crippen LogP contribution < -0.4 is 5.32 Å². The van der Waals surface area contributed by atoms with Crippen LogP contribution in [0.25, 0.3) is 5.69 Å². The van der Waals surface area contributed by atoms with Gasteiger partial charge < -0.3 is 10.4 Å². The predicted molar refractivity (Wildman–Crippen MR) is 63.5 cm³/mol. The highest BCUT2D eigenvalue weighted by molar-refractivity contribution is 7.12. The number of aliphatic hydroxyl groups is 1. The van der Waals surface area contributed by atoms with Gasteiger partial charge in [-0.05, 0) is 34.7 Å². The number of nitrogens with zero attached hydrogens (tertiary/aromatic N) is 4. The molecular weight excluding hydrogens is 254 g/mol. The molecule has 0 saturated heterocycles. The molecule has 1 aliphatic carbocycles. The molecule has 2 aromatic heterocycles. The molecule has 3 rings (SSSR count). The van der Waals surface area contributed by atoms with Gasteiger partial charge in [0.1, 0.15) is 11.2 Å². The van der Waals surface area contributed by atoms with E-state index in [0.29, 0.717) is 23.4 Å². The first kappa shape index (κ1) is 11.3. The average Bonchev–Trinajstić information content (AvgIpc) is 2.97. The van der Waals surface area contributed by atoms with Crippen molar-refractivity contribution < 1.29 is 9.90 Å². The van der Waals surface area contributed by atoms with Crippen molar-refractivity contribution in [2.75, 3.05) is 0 Å². The van der Waals surface area contributed by atoms with E-state index in [-0.39, 0.29) is 18.1 Å². The van der Waals surface area contributed by atoms with E-state index in [0.717, 1.165) is 0 Å². The molecule has 1 saturated carbocycles. The first-order valence-electron chi connectivity index (χ1n) is 5.54. The average molecular weight is 265 g/mol. The Hall–Kier alpha value is -1.80. The summed E-state index contributed by atoms with van der Waals surface area (Å²) in [6, 6.07) is 1.86. The first-order chi connectivity index (χ1) is 8.74. The molecule has 1 amide bonds. The van der Waals surface area contributed by atoms with E-state index in [9.17, 15) is 9.90 Å². The van der Waals surface area contributed by atoms with Gasteiger partial charge in [-0.3, -0.25) is 4.79 Å². The Morgan fingerprint density at radius 2 is 2.39 bits per heavy atom. The van der Waals surface area contributed by atoms with Gasteiger partial charge in [-0.2, -0.15) is 4.68 Å². The zero-order chi connectivity index (χ0) is 12.5. The van der Waals surface area contributed by atoms with Crippen LogP contribution in [0.1, 0.15) is 22.5 Å². The second-order valence-electron chi connectivity index (χ2n) is 4.18. The molecule has 0 atom stereocenters. The third-order valence-corrected chi connectivity index (χ3v) is 3.80. The highest BCUT2D eigenvalue weighted by Crippen LogP contribution is 2.23. The molecular formula is C10H11N5O2S. The Kier molecular flexibility index (Phi) is 2.80. The fraction of sp³-hybridized carbons (Fsp3) is 0.400. The molecule has 0 spiro atoms. The molecule has 2 heterocycles. The number of amides is 1. The number of thiophene rings is 1. The predicted octanol–water partition coefficient (Wildman–Crippen LogP) is -0.0231. The summed E-state index contributed by atoms with van der Waals surface area (Å²) < 4.78 is 1.46. The van der Waals surface area contributed by atoms with Crippen molar-refractivity contribution in [3.63, 3.8) is 0 Å². The van der Waals surface area contributed by atoms with Crippen LogP contribution in [-0.2, 0) is 0 Å². The van der Waals surface area contributed by atoms with Gasteiger partial charge in [0.2, 0.25) is 0 Å². The number of rotatable bonds is 3. The number of hydrogen-bond donors (Lipinski definition) is 2. The molecule has 2 aromatic rings. The van der Waals surface area contributed by atoms with E-state index >= 15 is 0 Å². The van der Waals surface area contributed by atoms with E-state index in [1.807, 2.05) is 5.38 Å². The zero-order valence-corrected chi connectivity index (χ0v) is 10.2. The van der Waals surface area contributed by atoms with E-state index in [4.69, 9.17) is 0 Å². The fourth-order valence-electron chi connectivity index (χ4n) is 1.88. The summed E-state index contributed by atoms with van der Waals surface area (Å²) in [5.74, 6) is -0.146. The number of carbonyl (C=O) groups excluding carboxylic acids is 1. The standard InChI is InChI=1S/C10H11N5O2S/c16-7-3-6(4-7)12-10(17)9-8(1-2-18-9)15-5-11-13-14-15/h1-2,5-7,16H,3-4H2,(H,12,17). The largest absolute Gasteiger partial charge is 0.393 e. The molecule has 18 heavy (non-hydrogen) atoms.